The molecule has 3 rings (SSSR count). The van der Waals surface area contributed by atoms with Crippen LogP contribution in [0, 0.1) is 11.2 Å². The Kier molecular flexibility index (Phi) is 7.78. The van der Waals surface area contributed by atoms with Crippen LogP contribution in [-0.4, -0.2) is 51.1 Å². The minimum Gasteiger partial charge on any atom is -0.444 e. The van der Waals surface area contributed by atoms with E-state index in [4.69, 9.17) is 9.16 Å². The average molecular weight is 493 g/mol. The maximum atomic E-state index is 15.5. The molecule has 192 valence electrons. The minimum absolute atomic E-state index is 0.0985. The molecule has 34 heavy (non-hydrogen) atoms. The normalized spacial score (nSPS) is 19.4. The molecule has 0 bridgehead atoms. The van der Waals surface area contributed by atoms with E-state index in [9.17, 15) is 4.79 Å². The summed E-state index contributed by atoms with van der Waals surface area (Å²) in [5.74, 6) is -0.142. The van der Waals surface area contributed by atoms with Gasteiger partial charge in [0.1, 0.15) is 5.60 Å². The number of likely N-dealkylation sites (tertiary alicyclic amines) is 1. The van der Waals surface area contributed by atoms with E-state index in [2.05, 4.69) is 38.8 Å². The third kappa shape index (κ3) is 6.33. The maximum Gasteiger partial charge on any atom is 0.410 e. The Morgan fingerprint density at radius 2 is 1.56 bits per heavy atom. The van der Waals surface area contributed by atoms with Crippen LogP contribution in [0.15, 0.2) is 18.2 Å². The minimum atomic E-state index is -1.94. The predicted octanol–water partition coefficient (Wildman–Crippen LogP) is 6.97. The van der Waals surface area contributed by atoms with Crippen LogP contribution in [0.3, 0.4) is 0 Å². The number of amides is 1. The van der Waals surface area contributed by atoms with Crippen molar-refractivity contribution in [3.8, 4) is 0 Å². The van der Waals surface area contributed by atoms with Crippen molar-refractivity contribution in [3.05, 3.63) is 29.6 Å². The quantitative estimate of drug-likeness (QED) is 0.426. The highest BCUT2D eigenvalue weighted by molar-refractivity contribution is 6.74. The fraction of sp³-hybridized carbons (Fsp3) is 0.741. The molecule has 1 spiro atoms. The largest absolute Gasteiger partial charge is 0.444 e. The van der Waals surface area contributed by atoms with Gasteiger partial charge in [-0.1, -0.05) is 32.9 Å². The van der Waals surface area contributed by atoms with Gasteiger partial charge in [0.05, 0.1) is 12.3 Å². The second-order valence-corrected chi connectivity index (χ2v) is 17.6. The number of benzene rings is 1. The summed E-state index contributed by atoms with van der Waals surface area (Å²) < 4.78 is 27.3. The van der Waals surface area contributed by atoms with E-state index in [1.165, 1.54) is 0 Å². The molecule has 2 heterocycles. The van der Waals surface area contributed by atoms with Gasteiger partial charge in [-0.2, -0.15) is 0 Å². The molecule has 1 amide bonds. The second-order valence-electron chi connectivity index (χ2n) is 12.8. The SMILES string of the molecule is CC(C)(C)OC(=O)N1CCC2(CC1)CCN(c1cccc(CO[Si](C)(C)C(C)(C)C)c1F)CC2. The van der Waals surface area contributed by atoms with Crippen LogP contribution in [0.25, 0.3) is 0 Å². The van der Waals surface area contributed by atoms with Gasteiger partial charge >= 0.3 is 6.09 Å². The van der Waals surface area contributed by atoms with Gasteiger partial charge in [-0.25, -0.2) is 9.18 Å². The Bertz CT molecular complexity index is 858. The van der Waals surface area contributed by atoms with Crippen LogP contribution in [0.1, 0.15) is 72.8 Å². The Morgan fingerprint density at radius 1 is 1.00 bits per heavy atom. The number of rotatable bonds is 4. The summed E-state index contributed by atoms with van der Waals surface area (Å²) in [5, 5.41) is 0.0985. The van der Waals surface area contributed by atoms with E-state index in [1.807, 2.05) is 43.9 Å². The molecule has 0 atom stereocenters. The van der Waals surface area contributed by atoms with Gasteiger partial charge in [0.25, 0.3) is 0 Å². The Balaban J connectivity index is 1.58. The smallest absolute Gasteiger partial charge is 0.410 e. The molecule has 2 aliphatic rings. The molecule has 2 fully saturated rings. The van der Waals surface area contributed by atoms with Gasteiger partial charge in [0.15, 0.2) is 14.1 Å². The molecule has 0 N–H and O–H groups in total. The van der Waals surface area contributed by atoms with Crippen LogP contribution in [0.2, 0.25) is 18.1 Å². The van der Waals surface area contributed by atoms with E-state index in [-0.39, 0.29) is 22.4 Å². The van der Waals surface area contributed by atoms with Crippen LogP contribution >= 0.6 is 0 Å². The summed E-state index contributed by atoms with van der Waals surface area (Å²) >= 11 is 0. The fourth-order valence-corrected chi connectivity index (χ4v) is 5.56. The molecular weight excluding hydrogens is 447 g/mol. The number of carbonyl (C=O) groups is 1. The highest BCUT2D eigenvalue weighted by Crippen LogP contribution is 2.43. The average Bonchev–Trinajstić information content (AvgIpc) is 2.72. The third-order valence-corrected chi connectivity index (χ3v) is 12.6. The lowest BCUT2D eigenvalue weighted by Gasteiger charge is -2.47. The second kappa shape index (κ2) is 9.80. The van der Waals surface area contributed by atoms with Crippen molar-refractivity contribution in [3.63, 3.8) is 0 Å². The lowest BCUT2D eigenvalue weighted by atomic mass is 9.71. The van der Waals surface area contributed by atoms with Gasteiger partial charge in [-0.05, 0) is 76.1 Å². The van der Waals surface area contributed by atoms with Gasteiger partial charge in [0.2, 0.25) is 0 Å². The molecule has 2 aliphatic heterocycles. The first-order valence-corrected chi connectivity index (χ1v) is 15.7. The van der Waals surface area contributed by atoms with E-state index in [1.54, 1.807) is 0 Å². The van der Waals surface area contributed by atoms with E-state index >= 15 is 4.39 Å². The molecule has 1 aromatic rings. The van der Waals surface area contributed by atoms with E-state index in [0.717, 1.165) is 51.9 Å². The third-order valence-electron chi connectivity index (χ3n) is 8.09. The molecule has 2 saturated heterocycles. The lowest BCUT2D eigenvalue weighted by molar-refractivity contribution is 0.00663. The molecule has 0 aliphatic carbocycles. The molecule has 7 heteroatoms. The van der Waals surface area contributed by atoms with Gasteiger partial charge in [-0.3, -0.25) is 0 Å². The zero-order valence-corrected chi connectivity index (χ0v) is 23.6. The number of anilines is 1. The van der Waals surface area contributed by atoms with Gasteiger partial charge in [0, 0.05) is 31.7 Å². The monoisotopic (exact) mass is 492 g/mol. The topological polar surface area (TPSA) is 42.0 Å². The van der Waals surface area contributed by atoms with Crippen LogP contribution in [0.5, 0.6) is 0 Å². The highest BCUT2D eigenvalue weighted by atomic mass is 28.4. The summed E-state index contributed by atoms with van der Waals surface area (Å²) in [6.07, 6.45) is 3.82. The van der Waals surface area contributed by atoms with Gasteiger partial charge in [-0.15, -0.1) is 0 Å². The highest BCUT2D eigenvalue weighted by Gasteiger charge is 2.40. The van der Waals surface area contributed by atoms with E-state index in [0.29, 0.717) is 17.9 Å². The molecule has 0 radical (unpaired) electrons. The number of hydrogen-bond acceptors (Lipinski definition) is 4. The zero-order valence-electron chi connectivity index (χ0n) is 22.6. The zero-order chi connectivity index (χ0) is 25.4. The molecule has 0 unspecified atom stereocenters. The standard InChI is InChI=1S/C27H45FN2O3Si/c1-25(2,3)33-24(31)30-18-14-27(15-19-30)12-16-29(17-13-27)22-11-9-10-21(23(22)28)20-32-34(7,8)26(4,5)6/h9-11H,12-20H2,1-8H3. The number of piperidine rings is 2. The number of carbonyl (C=O) groups excluding carboxylic acids is 1. The summed E-state index contributed by atoms with van der Waals surface area (Å²) in [7, 11) is -1.94. The number of halogens is 1. The number of hydrogen-bond donors (Lipinski definition) is 0. The maximum absolute atomic E-state index is 15.5. The number of nitrogens with zero attached hydrogens (tertiary/aromatic N) is 2. The summed E-state index contributed by atoms with van der Waals surface area (Å²) in [4.78, 5) is 16.4. The summed E-state index contributed by atoms with van der Waals surface area (Å²) in [6, 6.07) is 5.70. The fourth-order valence-electron chi connectivity index (χ4n) is 4.61. The first kappa shape index (κ1) is 27.0. The van der Waals surface area contributed by atoms with Crippen molar-refractivity contribution in [2.75, 3.05) is 31.1 Å². The molecule has 1 aromatic carbocycles. The van der Waals surface area contributed by atoms with Crippen molar-refractivity contribution in [2.24, 2.45) is 5.41 Å². The lowest BCUT2D eigenvalue weighted by Crippen LogP contribution is -2.49. The molecule has 0 saturated carbocycles. The summed E-state index contributed by atoms with van der Waals surface area (Å²) in [5.41, 5.74) is 1.12. The molecule has 5 nitrogen and oxygen atoms in total. The Labute approximate surface area is 207 Å². The Morgan fingerprint density at radius 3 is 2.09 bits per heavy atom. The van der Waals surface area contributed by atoms with Crippen molar-refractivity contribution < 1.29 is 18.3 Å². The van der Waals surface area contributed by atoms with Crippen molar-refractivity contribution in [1.82, 2.24) is 4.90 Å². The number of ether oxygens (including phenoxy) is 1. The molecule has 0 aromatic heterocycles. The van der Waals surface area contributed by atoms with Crippen LogP contribution < -0.4 is 4.90 Å². The summed E-state index contributed by atoms with van der Waals surface area (Å²) in [6.45, 7) is 20.2. The first-order valence-electron chi connectivity index (χ1n) is 12.8. The van der Waals surface area contributed by atoms with Crippen LogP contribution in [-0.2, 0) is 15.8 Å². The van der Waals surface area contributed by atoms with Crippen molar-refractivity contribution >= 4 is 20.1 Å². The first-order chi connectivity index (χ1) is 15.6. The van der Waals surface area contributed by atoms with Crippen molar-refractivity contribution in [2.45, 2.75) is 97.6 Å². The molecular formula is C27H45FN2O3Si. The predicted molar refractivity (Wildman–Crippen MR) is 139 cm³/mol. The van der Waals surface area contributed by atoms with Gasteiger partial charge < -0.3 is 19.0 Å². The van der Waals surface area contributed by atoms with E-state index < -0.39 is 13.9 Å². The van der Waals surface area contributed by atoms with Crippen molar-refractivity contribution in [1.29, 1.82) is 0 Å². The Hall–Kier alpha value is -1.60. The van der Waals surface area contributed by atoms with Crippen LogP contribution in [0.4, 0.5) is 14.9 Å².